The van der Waals surface area contributed by atoms with Gasteiger partial charge in [0, 0.05) is 5.56 Å². The molecule has 0 saturated carbocycles. The minimum atomic E-state index is -1.01. The van der Waals surface area contributed by atoms with Gasteiger partial charge in [-0.1, -0.05) is 61.1 Å². The summed E-state index contributed by atoms with van der Waals surface area (Å²) in [6.07, 6.45) is 3.03. The summed E-state index contributed by atoms with van der Waals surface area (Å²) in [5.74, 6) is -0.0903. The number of hydrogen-bond donors (Lipinski definition) is 1. The van der Waals surface area contributed by atoms with Gasteiger partial charge >= 0.3 is 11.9 Å². The number of aromatic carboxylic acids is 1. The molecule has 0 radical (unpaired) electrons. The Morgan fingerprint density at radius 1 is 0.978 bits per heavy atom. The van der Waals surface area contributed by atoms with Crippen molar-refractivity contribution < 1.29 is 33.6 Å². The molecule has 1 N–H and O–H groups in total. The summed E-state index contributed by atoms with van der Waals surface area (Å²) in [5.41, 5.74) is 2.81. The monoisotopic (exact) mass is 642 g/mol. The van der Waals surface area contributed by atoms with Crippen molar-refractivity contribution >= 4 is 29.4 Å². The van der Waals surface area contributed by atoms with E-state index in [1.54, 1.807) is 67.1 Å². The molecular formula is C35H34N2O8S. The fourth-order valence-electron chi connectivity index (χ4n) is 5.31. The predicted octanol–water partition coefficient (Wildman–Crippen LogP) is 4.87. The lowest BCUT2D eigenvalue weighted by atomic mass is 9.93. The van der Waals surface area contributed by atoms with Crippen LogP contribution >= 0.6 is 11.3 Å². The second-order valence-corrected chi connectivity index (χ2v) is 11.4. The summed E-state index contributed by atoms with van der Waals surface area (Å²) in [6, 6.07) is 18.3. The Morgan fingerprint density at radius 3 is 2.48 bits per heavy atom. The molecule has 5 rings (SSSR count). The number of thiazole rings is 1. The quantitative estimate of drug-likeness (QED) is 0.217. The number of nitrogens with zero attached hydrogens (tertiary/aromatic N) is 2. The average Bonchev–Trinajstić information content (AvgIpc) is 3.37. The van der Waals surface area contributed by atoms with Gasteiger partial charge < -0.3 is 24.1 Å². The molecule has 1 aromatic heterocycles. The summed E-state index contributed by atoms with van der Waals surface area (Å²) < 4.78 is 24.6. The van der Waals surface area contributed by atoms with Crippen molar-refractivity contribution in [2.75, 3.05) is 20.8 Å². The lowest BCUT2D eigenvalue weighted by molar-refractivity contribution is -0.139. The zero-order chi connectivity index (χ0) is 32.8. The highest BCUT2D eigenvalue weighted by Crippen LogP contribution is 2.37. The Hall–Kier alpha value is -5.16. The van der Waals surface area contributed by atoms with Crippen molar-refractivity contribution in [3.8, 4) is 17.2 Å². The van der Waals surface area contributed by atoms with Gasteiger partial charge in [0.25, 0.3) is 5.56 Å². The van der Waals surface area contributed by atoms with Gasteiger partial charge in [0.1, 0.15) is 18.4 Å². The number of allylic oxidation sites excluding steroid dienone is 1. The summed E-state index contributed by atoms with van der Waals surface area (Å²) in [5, 5.41) is 9.27. The molecule has 0 saturated heterocycles. The molecule has 1 aliphatic heterocycles. The molecule has 4 aromatic rings. The molecule has 0 aliphatic carbocycles. The minimum Gasteiger partial charge on any atom is -0.496 e. The van der Waals surface area contributed by atoms with Gasteiger partial charge in [-0.05, 0) is 60.9 Å². The van der Waals surface area contributed by atoms with Gasteiger partial charge in [-0.15, -0.1) is 0 Å². The van der Waals surface area contributed by atoms with Crippen LogP contribution in [0.5, 0.6) is 17.2 Å². The van der Waals surface area contributed by atoms with E-state index in [1.807, 2.05) is 25.1 Å². The zero-order valence-corrected chi connectivity index (χ0v) is 26.8. The highest BCUT2D eigenvalue weighted by atomic mass is 32.1. The molecule has 0 unspecified atom stereocenters. The van der Waals surface area contributed by atoms with E-state index in [0.29, 0.717) is 61.0 Å². The van der Waals surface area contributed by atoms with E-state index in [9.17, 15) is 19.5 Å². The lowest BCUT2D eigenvalue weighted by Crippen LogP contribution is -2.40. The molecule has 11 heteroatoms. The number of carboxylic acids is 1. The first-order valence-corrected chi connectivity index (χ1v) is 15.6. The molecular weight excluding hydrogens is 608 g/mol. The van der Waals surface area contributed by atoms with Crippen molar-refractivity contribution in [3.05, 3.63) is 120 Å². The Balaban J connectivity index is 1.57. The molecule has 0 fully saturated rings. The average molecular weight is 643 g/mol. The molecule has 0 amide bonds. The second-order valence-electron chi connectivity index (χ2n) is 10.4. The number of carboxylic acid groups (broad SMARTS) is 1. The van der Waals surface area contributed by atoms with Crippen LogP contribution in [0.15, 0.2) is 87.8 Å². The van der Waals surface area contributed by atoms with Gasteiger partial charge in [-0.2, -0.15) is 0 Å². The van der Waals surface area contributed by atoms with Gasteiger partial charge in [-0.3, -0.25) is 9.36 Å². The Kier molecular flexibility index (Phi) is 10.0. The normalized spacial score (nSPS) is 14.3. The van der Waals surface area contributed by atoms with Crippen LogP contribution in [0.25, 0.3) is 6.08 Å². The summed E-state index contributed by atoms with van der Waals surface area (Å²) in [7, 11) is 3.07. The first kappa shape index (κ1) is 32.2. The summed E-state index contributed by atoms with van der Waals surface area (Å²) in [4.78, 5) is 44.1. The molecule has 46 heavy (non-hydrogen) atoms. The van der Waals surface area contributed by atoms with Crippen molar-refractivity contribution in [3.63, 3.8) is 0 Å². The number of aromatic nitrogens is 1. The standard InChI is InChI=1S/C35H34N2O8S/c1-5-10-25-30(34(41)44-6-2)31(24-13-7-8-14-26(24)42-3)37-32(38)29(46-35(37)36-25)19-21-15-16-27(28(18-21)43-4)45-20-22-11-9-12-23(17-22)33(39)40/h7-9,11-19,31H,5-6,10,20H2,1-4H3,(H,39,40)/b29-19-/t31-/m1/s1. The van der Waals surface area contributed by atoms with Gasteiger partial charge in [0.15, 0.2) is 16.3 Å². The third-order valence-corrected chi connectivity index (χ3v) is 8.36. The number of carbonyl (C=O) groups is 2. The van der Waals surface area contributed by atoms with E-state index < -0.39 is 18.0 Å². The number of benzene rings is 3. The van der Waals surface area contributed by atoms with Crippen molar-refractivity contribution in [1.82, 2.24) is 4.57 Å². The van der Waals surface area contributed by atoms with E-state index >= 15 is 0 Å². The second kappa shape index (κ2) is 14.3. The van der Waals surface area contributed by atoms with Crippen LogP contribution in [-0.4, -0.2) is 42.4 Å². The predicted molar refractivity (Wildman–Crippen MR) is 173 cm³/mol. The Labute approximate surface area is 269 Å². The first-order valence-electron chi connectivity index (χ1n) is 14.8. The Bertz CT molecular complexity index is 1990. The van der Waals surface area contributed by atoms with Gasteiger partial charge in [0.05, 0.1) is 42.2 Å². The zero-order valence-electron chi connectivity index (χ0n) is 25.9. The maximum atomic E-state index is 14.1. The molecule has 1 aliphatic rings. The maximum absolute atomic E-state index is 14.1. The first-order chi connectivity index (χ1) is 22.3. The fourth-order valence-corrected chi connectivity index (χ4v) is 6.33. The molecule has 2 heterocycles. The minimum absolute atomic E-state index is 0.140. The van der Waals surface area contributed by atoms with E-state index in [0.717, 1.165) is 6.42 Å². The third-order valence-electron chi connectivity index (χ3n) is 7.38. The van der Waals surface area contributed by atoms with Crippen molar-refractivity contribution in [1.29, 1.82) is 0 Å². The highest BCUT2D eigenvalue weighted by Gasteiger charge is 2.35. The lowest BCUT2D eigenvalue weighted by Gasteiger charge is -2.26. The number of ether oxygens (including phenoxy) is 4. The number of methoxy groups -OCH3 is 2. The van der Waals surface area contributed by atoms with Crippen molar-refractivity contribution in [2.45, 2.75) is 39.3 Å². The van der Waals surface area contributed by atoms with Crippen LogP contribution in [0, 0.1) is 0 Å². The summed E-state index contributed by atoms with van der Waals surface area (Å²) in [6.45, 7) is 4.07. The smallest absolute Gasteiger partial charge is 0.338 e. The number of carbonyl (C=O) groups excluding carboxylic acids is 1. The largest absolute Gasteiger partial charge is 0.496 e. The number of esters is 1. The number of fused-ring (bicyclic) bond motifs is 1. The SMILES string of the molecule is CCCC1=C(C(=O)OCC)[C@@H](c2ccccc2OC)n2c(s/c(=C\c3ccc(OCc4cccc(C(=O)O)c4)c(OC)c3)c2=O)=N1. The number of para-hydroxylation sites is 1. The molecule has 0 spiro atoms. The highest BCUT2D eigenvalue weighted by molar-refractivity contribution is 7.07. The van der Waals surface area contributed by atoms with Gasteiger partial charge in [0.2, 0.25) is 0 Å². The van der Waals surface area contributed by atoms with Crippen LogP contribution in [0.3, 0.4) is 0 Å². The summed E-state index contributed by atoms with van der Waals surface area (Å²) >= 11 is 1.24. The van der Waals surface area contributed by atoms with E-state index in [1.165, 1.54) is 24.5 Å². The van der Waals surface area contributed by atoms with Crippen LogP contribution in [0.2, 0.25) is 0 Å². The van der Waals surface area contributed by atoms with Crippen molar-refractivity contribution in [2.24, 2.45) is 4.99 Å². The number of hydrogen-bond acceptors (Lipinski definition) is 9. The maximum Gasteiger partial charge on any atom is 0.338 e. The molecule has 1 atom stereocenters. The van der Waals surface area contributed by atoms with Crippen LogP contribution in [0.1, 0.15) is 59.8 Å². The van der Waals surface area contributed by atoms with Crippen LogP contribution < -0.4 is 29.1 Å². The molecule has 0 bridgehead atoms. The van der Waals surface area contributed by atoms with E-state index in [-0.39, 0.29) is 24.3 Å². The topological polar surface area (TPSA) is 126 Å². The molecule has 238 valence electrons. The van der Waals surface area contributed by atoms with Gasteiger partial charge in [-0.25, -0.2) is 14.6 Å². The molecule has 3 aromatic carbocycles. The van der Waals surface area contributed by atoms with E-state index in [4.69, 9.17) is 23.9 Å². The van der Waals surface area contributed by atoms with Crippen LogP contribution in [0.4, 0.5) is 0 Å². The van der Waals surface area contributed by atoms with E-state index in [2.05, 4.69) is 0 Å². The third kappa shape index (κ3) is 6.59. The van der Waals surface area contributed by atoms with Crippen LogP contribution in [-0.2, 0) is 16.1 Å². The number of rotatable bonds is 12. The Morgan fingerprint density at radius 2 is 1.76 bits per heavy atom. The fraction of sp³-hybridized carbons (Fsp3) is 0.257. The molecule has 10 nitrogen and oxygen atoms in total.